The molecule has 2 amide bonds. The zero-order valence-electron chi connectivity index (χ0n) is 15.1. The minimum Gasteiger partial charge on any atom is -0.489 e. The first-order valence-corrected chi connectivity index (χ1v) is 9.02. The minimum atomic E-state index is -0.405. The quantitative estimate of drug-likeness (QED) is 0.643. The van der Waals surface area contributed by atoms with Crippen molar-refractivity contribution in [1.29, 1.82) is 0 Å². The van der Waals surface area contributed by atoms with E-state index in [1.807, 2.05) is 12.1 Å². The van der Waals surface area contributed by atoms with Crippen LogP contribution in [-0.4, -0.2) is 35.5 Å². The number of rotatable bonds is 7. The minimum absolute atomic E-state index is 0.100. The standard InChI is InChI=1S/C19H20N4O5/c24-19(20-11-17-22-18(28-23-17)16-8-4-10-26-16)21-14-6-1-2-7-15(14)27-12-13-5-3-9-25-13/h1-2,4,6-8,10,13H,3,5,9,11-12H2,(H2,20,21,24)/t13-/m0/s1. The number of anilines is 1. The van der Waals surface area contributed by atoms with Crippen molar-refractivity contribution in [3.63, 3.8) is 0 Å². The maximum Gasteiger partial charge on any atom is 0.319 e. The predicted molar refractivity (Wildman–Crippen MR) is 98.8 cm³/mol. The lowest BCUT2D eigenvalue weighted by molar-refractivity contribution is 0.0682. The average molecular weight is 384 g/mol. The summed E-state index contributed by atoms with van der Waals surface area (Å²) in [5, 5.41) is 9.27. The van der Waals surface area contributed by atoms with Crippen molar-refractivity contribution in [3.8, 4) is 17.4 Å². The highest BCUT2D eigenvalue weighted by molar-refractivity contribution is 5.90. The number of carbonyl (C=O) groups excluding carboxylic acids is 1. The van der Waals surface area contributed by atoms with Crippen molar-refractivity contribution in [2.45, 2.75) is 25.5 Å². The van der Waals surface area contributed by atoms with Gasteiger partial charge in [0.2, 0.25) is 0 Å². The Labute approximate surface area is 161 Å². The van der Waals surface area contributed by atoms with E-state index in [1.165, 1.54) is 6.26 Å². The van der Waals surface area contributed by atoms with Gasteiger partial charge < -0.3 is 29.0 Å². The molecular formula is C19H20N4O5. The molecular weight excluding hydrogens is 364 g/mol. The molecule has 2 N–H and O–H groups in total. The zero-order valence-corrected chi connectivity index (χ0v) is 15.1. The zero-order chi connectivity index (χ0) is 19.2. The van der Waals surface area contributed by atoms with Gasteiger partial charge in [-0.1, -0.05) is 17.3 Å². The van der Waals surface area contributed by atoms with Crippen LogP contribution in [0.25, 0.3) is 11.7 Å². The largest absolute Gasteiger partial charge is 0.489 e. The second kappa shape index (κ2) is 8.57. The highest BCUT2D eigenvalue weighted by Gasteiger charge is 2.17. The van der Waals surface area contributed by atoms with E-state index in [2.05, 4.69) is 20.8 Å². The van der Waals surface area contributed by atoms with Crippen LogP contribution in [0.2, 0.25) is 0 Å². The van der Waals surface area contributed by atoms with Gasteiger partial charge >= 0.3 is 6.03 Å². The molecule has 0 saturated carbocycles. The Bertz CT molecular complexity index is 903. The van der Waals surface area contributed by atoms with Crippen LogP contribution < -0.4 is 15.4 Å². The van der Waals surface area contributed by atoms with Crippen LogP contribution in [0, 0.1) is 0 Å². The van der Waals surface area contributed by atoms with Crippen molar-refractivity contribution in [3.05, 3.63) is 48.5 Å². The van der Waals surface area contributed by atoms with Gasteiger partial charge in [-0.25, -0.2) is 4.79 Å². The molecule has 146 valence electrons. The monoisotopic (exact) mass is 384 g/mol. The molecule has 1 fully saturated rings. The second-order valence-electron chi connectivity index (χ2n) is 6.24. The van der Waals surface area contributed by atoms with Crippen LogP contribution in [0.1, 0.15) is 18.7 Å². The molecule has 0 aliphatic carbocycles. The normalized spacial score (nSPS) is 16.1. The van der Waals surface area contributed by atoms with Crippen LogP contribution >= 0.6 is 0 Å². The van der Waals surface area contributed by atoms with E-state index in [-0.39, 0.29) is 18.5 Å². The highest BCUT2D eigenvalue weighted by atomic mass is 16.5. The molecule has 9 nitrogen and oxygen atoms in total. The average Bonchev–Trinajstić information content (AvgIpc) is 3.48. The predicted octanol–water partition coefficient (Wildman–Crippen LogP) is 3.21. The van der Waals surface area contributed by atoms with E-state index in [1.54, 1.807) is 24.3 Å². The van der Waals surface area contributed by atoms with Crippen molar-refractivity contribution in [2.24, 2.45) is 0 Å². The molecule has 3 heterocycles. The Morgan fingerprint density at radius 2 is 2.18 bits per heavy atom. The third-order valence-electron chi connectivity index (χ3n) is 4.19. The van der Waals surface area contributed by atoms with Crippen molar-refractivity contribution >= 4 is 11.7 Å². The van der Waals surface area contributed by atoms with E-state index in [4.69, 9.17) is 18.4 Å². The molecule has 9 heteroatoms. The van der Waals surface area contributed by atoms with E-state index in [0.717, 1.165) is 19.4 Å². The number of ether oxygens (including phenoxy) is 2. The summed E-state index contributed by atoms with van der Waals surface area (Å²) >= 11 is 0. The lowest BCUT2D eigenvalue weighted by Crippen LogP contribution is -2.29. The molecule has 1 aromatic carbocycles. The van der Waals surface area contributed by atoms with Crippen molar-refractivity contribution in [1.82, 2.24) is 15.5 Å². The number of amides is 2. The van der Waals surface area contributed by atoms with E-state index >= 15 is 0 Å². The van der Waals surface area contributed by atoms with Crippen molar-refractivity contribution < 1.29 is 23.2 Å². The van der Waals surface area contributed by atoms with Crippen molar-refractivity contribution in [2.75, 3.05) is 18.5 Å². The fourth-order valence-corrected chi connectivity index (χ4v) is 2.81. The molecule has 4 rings (SSSR count). The summed E-state index contributed by atoms with van der Waals surface area (Å²) in [5.41, 5.74) is 0.572. The van der Waals surface area contributed by atoms with Gasteiger partial charge in [-0.15, -0.1) is 0 Å². The smallest absolute Gasteiger partial charge is 0.319 e. The van der Waals surface area contributed by atoms with Gasteiger partial charge in [0.1, 0.15) is 12.4 Å². The molecule has 2 aromatic heterocycles. The maximum atomic E-state index is 12.2. The number of urea groups is 1. The Morgan fingerprint density at radius 1 is 1.25 bits per heavy atom. The molecule has 1 saturated heterocycles. The number of nitrogens with zero attached hydrogens (tertiary/aromatic N) is 2. The topological polar surface area (TPSA) is 112 Å². The highest BCUT2D eigenvalue weighted by Crippen LogP contribution is 2.25. The van der Waals surface area contributed by atoms with Crippen LogP contribution in [0.5, 0.6) is 5.75 Å². The number of furan rings is 1. The molecule has 0 spiro atoms. The Hall–Kier alpha value is -3.33. The lowest BCUT2D eigenvalue weighted by atomic mass is 10.2. The molecule has 1 aliphatic rings. The third-order valence-corrected chi connectivity index (χ3v) is 4.19. The molecule has 0 unspecified atom stereocenters. The molecule has 1 atom stereocenters. The fourth-order valence-electron chi connectivity index (χ4n) is 2.81. The van der Waals surface area contributed by atoms with Crippen LogP contribution in [-0.2, 0) is 11.3 Å². The lowest BCUT2D eigenvalue weighted by Gasteiger charge is -2.15. The summed E-state index contributed by atoms with van der Waals surface area (Å²) in [4.78, 5) is 16.4. The van der Waals surface area contributed by atoms with Gasteiger partial charge in [0.15, 0.2) is 11.6 Å². The van der Waals surface area contributed by atoms with Gasteiger partial charge in [0, 0.05) is 6.61 Å². The Kier molecular flexibility index (Phi) is 5.53. The second-order valence-corrected chi connectivity index (χ2v) is 6.24. The fraction of sp³-hybridized carbons (Fsp3) is 0.316. The summed E-state index contributed by atoms with van der Waals surface area (Å²) in [6.45, 7) is 1.34. The summed E-state index contributed by atoms with van der Waals surface area (Å²) in [6, 6.07) is 10.3. The molecule has 0 radical (unpaired) electrons. The summed E-state index contributed by atoms with van der Waals surface area (Å²) in [5.74, 6) is 1.66. The molecule has 0 bridgehead atoms. The van der Waals surface area contributed by atoms with Gasteiger partial charge in [0.05, 0.1) is 24.6 Å². The van der Waals surface area contributed by atoms with Crippen LogP contribution in [0.3, 0.4) is 0 Å². The maximum absolute atomic E-state index is 12.2. The third kappa shape index (κ3) is 4.49. The van der Waals surface area contributed by atoms with Crippen LogP contribution in [0.15, 0.2) is 51.6 Å². The number of benzene rings is 1. The summed E-state index contributed by atoms with van der Waals surface area (Å²) in [6.07, 6.45) is 3.65. The first-order valence-electron chi connectivity index (χ1n) is 9.02. The number of hydrogen-bond acceptors (Lipinski definition) is 7. The number of nitrogens with one attached hydrogen (secondary N) is 2. The van der Waals surface area contributed by atoms with E-state index < -0.39 is 6.03 Å². The summed E-state index contributed by atoms with van der Waals surface area (Å²) in [7, 11) is 0. The number of para-hydroxylation sites is 2. The SMILES string of the molecule is O=C(NCc1noc(-c2ccco2)n1)Nc1ccccc1OC[C@@H]1CCCO1. The van der Waals surface area contributed by atoms with Gasteiger partial charge in [0.25, 0.3) is 5.89 Å². The number of carbonyl (C=O) groups is 1. The van der Waals surface area contributed by atoms with Gasteiger partial charge in [-0.3, -0.25) is 0 Å². The van der Waals surface area contributed by atoms with Gasteiger partial charge in [-0.2, -0.15) is 4.98 Å². The number of aromatic nitrogens is 2. The van der Waals surface area contributed by atoms with Gasteiger partial charge in [-0.05, 0) is 37.1 Å². The van der Waals surface area contributed by atoms with E-state index in [0.29, 0.717) is 29.6 Å². The Balaban J connectivity index is 1.30. The molecule has 28 heavy (non-hydrogen) atoms. The summed E-state index contributed by atoms with van der Waals surface area (Å²) < 4.78 is 21.7. The van der Waals surface area contributed by atoms with Crippen LogP contribution in [0.4, 0.5) is 10.5 Å². The molecule has 1 aliphatic heterocycles. The van der Waals surface area contributed by atoms with E-state index in [9.17, 15) is 4.79 Å². The number of hydrogen-bond donors (Lipinski definition) is 2. The Morgan fingerprint density at radius 3 is 3.00 bits per heavy atom. The first-order chi connectivity index (χ1) is 13.8. The molecule has 3 aromatic rings. The first kappa shape index (κ1) is 18.1.